The summed E-state index contributed by atoms with van der Waals surface area (Å²) < 4.78 is 22.5. The van der Waals surface area contributed by atoms with Gasteiger partial charge in [-0.15, -0.1) is 0 Å². The summed E-state index contributed by atoms with van der Waals surface area (Å²) in [6.07, 6.45) is 32.4. The maximum atomic E-state index is 12.8. The molecule has 0 atom stereocenters. The summed E-state index contributed by atoms with van der Waals surface area (Å²) >= 11 is 0. The minimum Gasteiger partial charge on any atom is -0.466 e. The van der Waals surface area contributed by atoms with Gasteiger partial charge in [0, 0.05) is 72.2 Å². The Morgan fingerprint density at radius 2 is 0.487 bits per heavy atom. The highest BCUT2D eigenvalue weighted by Crippen LogP contribution is 2.26. The topological polar surface area (TPSA) is 115 Å². The zero-order valence-electron chi connectivity index (χ0n) is 50.2. The Hall–Kier alpha value is 0.560. The van der Waals surface area contributed by atoms with E-state index in [1.54, 1.807) is 0 Å². The number of ether oxygens (including phenoxy) is 4. The first-order valence-corrected chi connectivity index (χ1v) is 40.9. The lowest BCUT2D eigenvalue weighted by atomic mass is 10.2. The first-order chi connectivity index (χ1) is 38.2. The van der Waals surface area contributed by atoms with Crippen LogP contribution in [0.4, 0.5) is 0 Å². The third kappa shape index (κ3) is 61.1. The van der Waals surface area contributed by atoms with Gasteiger partial charge in [0.2, 0.25) is 0 Å². The van der Waals surface area contributed by atoms with Gasteiger partial charge in [-0.05, 0) is 97.4 Å². The summed E-state index contributed by atoms with van der Waals surface area (Å²) in [4.78, 5) is 58.1. The third-order valence-electron chi connectivity index (χ3n) is 12.8. The molecule has 0 unspecified atom stereocenters. The van der Waals surface area contributed by atoms with E-state index in [9.17, 15) is 19.2 Å². The van der Waals surface area contributed by atoms with Crippen molar-refractivity contribution in [3.63, 3.8) is 0 Å². The lowest BCUT2D eigenvalue weighted by Gasteiger charge is -2.25. The van der Waals surface area contributed by atoms with Gasteiger partial charge in [0.15, 0.2) is 0 Å². The van der Waals surface area contributed by atoms with Crippen LogP contribution in [0.25, 0.3) is 0 Å². The molecule has 0 spiro atoms. The molecule has 0 aromatic carbocycles. The summed E-state index contributed by atoms with van der Waals surface area (Å²) in [6.45, 7) is 16.2. The quantitative estimate of drug-likeness (QED) is 0.0249. The van der Waals surface area contributed by atoms with E-state index in [1.807, 2.05) is 86.4 Å². The van der Waals surface area contributed by atoms with Crippen molar-refractivity contribution in [3.8, 4) is 0 Å². The molecule has 0 bridgehead atoms. The Kier molecular flexibility index (Phi) is 65.6. The molecule has 0 saturated carbocycles. The number of rotatable bonds is 64. The largest absolute Gasteiger partial charge is 0.466 e. The van der Waals surface area contributed by atoms with Gasteiger partial charge in [-0.1, -0.05) is 217 Å². The molecule has 78 heavy (non-hydrogen) atoms. The molecule has 462 valence electrons. The molecule has 0 aromatic heterocycles. The van der Waals surface area contributed by atoms with E-state index in [4.69, 9.17) is 18.9 Å². The van der Waals surface area contributed by atoms with E-state index in [-0.39, 0.29) is 23.9 Å². The van der Waals surface area contributed by atoms with Gasteiger partial charge in [-0.2, -0.15) is 0 Å². The zero-order chi connectivity index (χ0) is 56.9. The van der Waals surface area contributed by atoms with Crippen molar-refractivity contribution in [2.75, 3.05) is 132 Å². The van der Waals surface area contributed by atoms with Gasteiger partial charge in [-0.25, -0.2) is 0 Å². The van der Waals surface area contributed by atoms with E-state index in [0.29, 0.717) is 78.3 Å². The maximum absolute atomic E-state index is 12.8. The Labute approximate surface area is 511 Å². The van der Waals surface area contributed by atoms with Crippen LogP contribution >= 0.6 is 86.4 Å². The van der Waals surface area contributed by atoms with E-state index in [0.717, 1.165) is 87.7 Å². The average molecular weight is 1250 g/mol. The number of unbranched alkanes of at least 4 members (excludes halogenated alkanes) is 16. The first-order valence-electron chi connectivity index (χ1n) is 31.0. The predicted molar refractivity (Wildman–Crippen MR) is 355 cm³/mol. The molecule has 11 nitrogen and oxygen atoms in total. The number of carbonyl (C=O) groups excluding carboxylic acids is 4. The van der Waals surface area contributed by atoms with Crippen LogP contribution in [-0.2, 0) is 38.1 Å². The van der Waals surface area contributed by atoms with Gasteiger partial charge in [0.05, 0.1) is 52.1 Å². The lowest BCUT2D eigenvalue weighted by molar-refractivity contribution is -0.146. The molecule has 0 heterocycles. The van der Waals surface area contributed by atoms with Crippen molar-refractivity contribution in [1.82, 2.24) is 14.7 Å². The summed E-state index contributed by atoms with van der Waals surface area (Å²) in [5, 5.41) is 0. The Morgan fingerprint density at radius 1 is 0.269 bits per heavy atom. The van der Waals surface area contributed by atoms with Crippen molar-refractivity contribution in [3.05, 3.63) is 0 Å². The molecular formula is C59H115N3O8S8. The minimum atomic E-state index is -0.185. The van der Waals surface area contributed by atoms with Crippen molar-refractivity contribution < 1.29 is 38.1 Å². The molecule has 0 fully saturated rings. The predicted octanol–water partition coefficient (Wildman–Crippen LogP) is 17.0. The third-order valence-corrected chi connectivity index (χ3v) is 23.1. The van der Waals surface area contributed by atoms with Gasteiger partial charge in [0.25, 0.3) is 0 Å². The van der Waals surface area contributed by atoms with Crippen LogP contribution in [-0.4, -0.2) is 170 Å². The van der Waals surface area contributed by atoms with E-state index in [2.05, 4.69) is 49.4 Å². The van der Waals surface area contributed by atoms with Crippen LogP contribution < -0.4 is 0 Å². The summed E-state index contributed by atoms with van der Waals surface area (Å²) in [7, 11) is 17.3. The first kappa shape index (κ1) is 78.6. The fourth-order valence-electron chi connectivity index (χ4n) is 7.94. The Balaban J connectivity index is 5.04. The molecule has 0 amide bonds. The Bertz CT molecular complexity index is 1140. The molecule has 0 rings (SSSR count). The van der Waals surface area contributed by atoms with Crippen molar-refractivity contribution in [2.24, 2.45) is 0 Å². The summed E-state index contributed by atoms with van der Waals surface area (Å²) in [6, 6.07) is 0. The van der Waals surface area contributed by atoms with Crippen molar-refractivity contribution in [2.45, 2.75) is 220 Å². The SMILES string of the molecule is CCCCCCCSSCCCOC(=O)CCN(CCCN(C)CCCN(CCC(=O)OCCCSSCCCCCCC)CCC(=O)OCCCSSCCCCCCC)CCC(=O)OCCCSSCCCCCCC. The molecular weight excluding hydrogens is 1140 g/mol. The number of esters is 4. The molecule has 0 aliphatic rings. The van der Waals surface area contributed by atoms with E-state index < -0.39 is 0 Å². The van der Waals surface area contributed by atoms with E-state index in [1.165, 1.54) is 151 Å². The van der Waals surface area contributed by atoms with Gasteiger partial charge in [-0.3, -0.25) is 19.2 Å². The summed E-state index contributed by atoms with van der Waals surface area (Å²) in [5.41, 5.74) is 0. The van der Waals surface area contributed by atoms with Crippen molar-refractivity contribution in [1.29, 1.82) is 0 Å². The summed E-state index contributed by atoms with van der Waals surface area (Å²) in [5.74, 6) is 7.88. The Morgan fingerprint density at radius 3 is 0.718 bits per heavy atom. The molecule has 0 radical (unpaired) electrons. The molecule has 0 aliphatic heterocycles. The van der Waals surface area contributed by atoms with Crippen LogP contribution in [0, 0.1) is 0 Å². The molecule has 0 aromatic rings. The fraction of sp³-hybridized carbons (Fsp3) is 0.932. The number of hydrogen-bond acceptors (Lipinski definition) is 19. The van der Waals surface area contributed by atoms with Crippen LogP contribution in [0.1, 0.15) is 220 Å². The fourth-order valence-corrected chi connectivity index (χ4v) is 16.8. The number of nitrogens with zero attached hydrogens (tertiary/aromatic N) is 3. The molecule has 0 aliphatic carbocycles. The van der Waals surface area contributed by atoms with Crippen LogP contribution in [0.3, 0.4) is 0 Å². The molecule has 19 heteroatoms. The highest BCUT2D eigenvalue weighted by Gasteiger charge is 2.16. The van der Waals surface area contributed by atoms with Gasteiger partial charge < -0.3 is 33.6 Å². The number of hydrogen-bond donors (Lipinski definition) is 0. The second-order valence-electron chi connectivity index (χ2n) is 20.2. The van der Waals surface area contributed by atoms with E-state index >= 15 is 0 Å². The maximum Gasteiger partial charge on any atom is 0.307 e. The highest BCUT2D eigenvalue weighted by molar-refractivity contribution is 8.77. The van der Waals surface area contributed by atoms with Gasteiger partial charge in [0.1, 0.15) is 0 Å². The minimum absolute atomic E-state index is 0.185. The second-order valence-corrected chi connectivity index (χ2v) is 31.0. The number of carbonyl (C=O) groups is 4. The normalized spacial score (nSPS) is 11.6. The second kappa shape index (κ2) is 65.1. The van der Waals surface area contributed by atoms with Crippen LogP contribution in [0.5, 0.6) is 0 Å². The monoisotopic (exact) mass is 1250 g/mol. The lowest BCUT2D eigenvalue weighted by Crippen LogP contribution is -2.34. The van der Waals surface area contributed by atoms with Crippen molar-refractivity contribution >= 4 is 110 Å². The molecule has 0 N–H and O–H groups in total. The zero-order valence-corrected chi connectivity index (χ0v) is 56.8. The van der Waals surface area contributed by atoms with Gasteiger partial charge >= 0.3 is 23.9 Å². The van der Waals surface area contributed by atoms with Crippen LogP contribution in [0.2, 0.25) is 0 Å². The molecule has 0 saturated heterocycles. The standard InChI is InChI=1S/C59H115N3O8S8/c1-6-10-14-18-22-48-71-75-52-28-44-67-56(63)32-40-61(41-33-57(64)68-45-29-53-76-72-49-23-19-15-11-7-2)38-26-36-60(5)37-27-39-62(42-34-58(65)69-46-30-54-77-73-50-24-20-16-12-8-3)43-35-59(66)70-47-31-55-78-74-51-25-21-17-13-9-4/h6-55H2,1-5H3. The highest BCUT2D eigenvalue weighted by atomic mass is 33.1. The van der Waals surface area contributed by atoms with Crippen LogP contribution in [0.15, 0.2) is 0 Å². The smallest absolute Gasteiger partial charge is 0.307 e. The average Bonchev–Trinajstić information content (AvgIpc) is 3.43.